The number of aliphatic imine (C=N–C) groups is 1. The third-order valence-corrected chi connectivity index (χ3v) is 5.05. The summed E-state index contributed by atoms with van der Waals surface area (Å²) >= 11 is 0. The molecule has 0 amide bonds. The molecule has 0 bridgehead atoms. The van der Waals surface area contributed by atoms with Crippen LogP contribution in [0.1, 0.15) is 50.1 Å². The lowest BCUT2D eigenvalue weighted by atomic mass is 9.82. The summed E-state index contributed by atoms with van der Waals surface area (Å²) in [4.78, 5) is 6.82. The fraction of sp³-hybridized carbons (Fsp3) is 0.750. The molecule has 2 rings (SSSR count). The molecule has 126 valence electrons. The first-order valence-electron chi connectivity index (χ1n) is 7.92. The third-order valence-electron chi connectivity index (χ3n) is 5.05. The number of hydrogen-bond acceptors (Lipinski definition) is 3. The minimum Gasteiger partial charge on any atom is -0.361 e. The molecule has 0 radical (unpaired) electrons. The van der Waals surface area contributed by atoms with Crippen LogP contribution in [0.2, 0.25) is 0 Å². The summed E-state index contributed by atoms with van der Waals surface area (Å²) < 4.78 is 5.21. The van der Waals surface area contributed by atoms with E-state index in [0.717, 1.165) is 42.6 Å². The summed E-state index contributed by atoms with van der Waals surface area (Å²) in [7, 11) is 1.85. The summed E-state index contributed by atoms with van der Waals surface area (Å²) in [6.45, 7) is 11.4. The van der Waals surface area contributed by atoms with Crippen molar-refractivity contribution in [3.63, 3.8) is 0 Å². The monoisotopic (exact) mass is 420 g/mol. The van der Waals surface area contributed by atoms with Gasteiger partial charge < -0.3 is 14.7 Å². The van der Waals surface area contributed by atoms with Gasteiger partial charge in [0.2, 0.25) is 0 Å². The van der Waals surface area contributed by atoms with Crippen molar-refractivity contribution in [3.8, 4) is 0 Å². The number of rotatable bonds is 4. The van der Waals surface area contributed by atoms with Crippen LogP contribution in [0.5, 0.6) is 0 Å². The Balaban J connectivity index is 0.00000242. The van der Waals surface area contributed by atoms with Crippen LogP contribution in [0.4, 0.5) is 0 Å². The standard InChI is InChI=1S/C16H28N4O.HI/c1-6-16(7-2)8-9-20(11-16)15(17-5)18-10-14-12(3)19-21-13(14)4;/h6-11H2,1-5H3,(H,17,18);1H. The molecule has 0 unspecified atom stereocenters. The molecule has 0 spiro atoms. The van der Waals surface area contributed by atoms with E-state index in [-0.39, 0.29) is 24.0 Å². The molecule has 0 aliphatic carbocycles. The maximum absolute atomic E-state index is 5.21. The Morgan fingerprint density at radius 1 is 1.36 bits per heavy atom. The summed E-state index contributed by atoms with van der Waals surface area (Å²) in [5.41, 5.74) is 2.54. The SMILES string of the molecule is CCC1(CC)CCN(C(=NC)NCc2c(C)noc2C)C1.I. The van der Waals surface area contributed by atoms with Crippen molar-refractivity contribution in [2.24, 2.45) is 10.4 Å². The molecule has 0 aromatic carbocycles. The third kappa shape index (κ3) is 3.94. The van der Waals surface area contributed by atoms with E-state index in [1.54, 1.807) is 0 Å². The maximum atomic E-state index is 5.21. The first-order chi connectivity index (χ1) is 10.0. The summed E-state index contributed by atoms with van der Waals surface area (Å²) in [6, 6.07) is 0. The molecule has 1 saturated heterocycles. The predicted octanol–water partition coefficient (Wildman–Crippen LogP) is 3.50. The van der Waals surface area contributed by atoms with Crippen molar-refractivity contribution in [2.75, 3.05) is 20.1 Å². The molecule has 1 aliphatic heterocycles. The number of aromatic nitrogens is 1. The van der Waals surface area contributed by atoms with Gasteiger partial charge >= 0.3 is 0 Å². The van der Waals surface area contributed by atoms with E-state index in [0.29, 0.717) is 5.41 Å². The van der Waals surface area contributed by atoms with Gasteiger partial charge in [0.15, 0.2) is 5.96 Å². The highest BCUT2D eigenvalue weighted by atomic mass is 127. The van der Waals surface area contributed by atoms with Crippen LogP contribution >= 0.6 is 24.0 Å². The van der Waals surface area contributed by atoms with Gasteiger partial charge in [0.25, 0.3) is 0 Å². The van der Waals surface area contributed by atoms with E-state index in [4.69, 9.17) is 4.52 Å². The summed E-state index contributed by atoms with van der Waals surface area (Å²) in [6.07, 6.45) is 3.73. The smallest absolute Gasteiger partial charge is 0.193 e. The second-order valence-corrected chi connectivity index (χ2v) is 6.08. The van der Waals surface area contributed by atoms with Crippen molar-refractivity contribution >= 4 is 29.9 Å². The minimum atomic E-state index is 0. The number of nitrogens with one attached hydrogen (secondary N) is 1. The quantitative estimate of drug-likeness (QED) is 0.460. The van der Waals surface area contributed by atoms with Gasteiger partial charge in [-0.1, -0.05) is 19.0 Å². The number of nitrogens with zero attached hydrogens (tertiary/aromatic N) is 3. The number of guanidine groups is 1. The van der Waals surface area contributed by atoms with E-state index < -0.39 is 0 Å². The molecule has 1 N–H and O–H groups in total. The van der Waals surface area contributed by atoms with Gasteiger partial charge in [-0.15, -0.1) is 24.0 Å². The van der Waals surface area contributed by atoms with Gasteiger partial charge in [0, 0.05) is 32.2 Å². The molecular weight excluding hydrogens is 391 g/mol. The Morgan fingerprint density at radius 2 is 2.05 bits per heavy atom. The fourth-order valence-corrected chi connectivity index (χ4v) is 3.20. The first-order valence-corrected chi connectivity index (χ1v) is 7.92. The molecule has 5 nitrogen and oxygen atoms in total. The van der Waals surface area contributed by atoms with E-state index in [2.05, 4.69) is 34.2 Å². The molecule has 1 fully saturated rings. The van der Waals surface area contributed by atoms with Crippen LogP contribution < -0.4 is 5.32 Å². The van der Waals surface area contributed by atoms with E-state index in [9.17, 15) is 0 Å². The Kier molecular flexibility index (Phi) is 7.15. The van der Waals surface area contributed by atoms with Gasteiger partial charge in [-0.2, -0.15) is 0 Å². The Hall–Kier alpha value is -0.790. The molecule has 22 heavy (non-hydrogen) atoms. The maximum Gasteiger partial charge on any atom is 0.193 e. The van der Waals surface area contributed by atoms with Crippen LogP contribution in [0.3, 0.4) is 0 Å². The summed E-state index contributed by atoms with van der Waals surface area (Å²) in [5.74, 6) is 1.87. The average Bonchev–Trinajstić information content (AvgIpc) is 3.06. The zero-order valence-corrected chi connectivity index (χ0v) is 16.7. The van der Waals surface area contributed by atoms with Crippen LogP contribution in [-0.4, -0.2) is 36.2 Å². The van der Waals surface area contributed by atoms with Gasteiger partial charge in [-0.05, 0) is 38.5 Å². The number of hydrogen-bond donors (Lipinski definition) is 1. The first kappa shape index (κ1) is 19.3. The van der Waals surface area contributed by atoms with Crippen LogP contribution in [0.15, 0.2) is 9.52 Å². The van der Waals surface area contributed by atoms with E-state index in [1.807, 2.05) is 20.9 Å². The lowest BCUT2D eigenvalue weighted by Crippen LogP contribution is -2.41. The molecule has 0 saturated carbocycles. The second kappa shape index (κ2) is 8.17. The molecule has 1 aromatic heterocycles. The van der Waals surface area contributed by atoms with Gasteiger partial charge in [0.05, 0.1) is 5.69 Å². The van der Waals surface area contributed by atoms with Crippen LogP contribution in [-0.2, 0) is 6.54 Å². The highest BCUT2D eigenvalue weighted by molar-refractivity contribution is 14.0. The molecule has 6 heteroatoms. The average molecular weight is 420 g/mol. The second-order valence-electron chi connectivity index (χ2n) is 6.08. The number of likely N-dealkylation sites (tertiary alicyclic amines) is 1. The molecular formula is C16H29IN4O. The Bertz CT molecular complexity index is 489. The van der Waals surface area contributed by atoms with E-state index in [1.165, 1.54) is 19.3 Å². The van der Waals surface area contributed by atoms with Crippen LogP contribution in [0, 0.1) is 19.3 Å². The van der Waals surface area contributed by atoms with E-state index >= 15 is 0 Å². The van der Waals surface area contributed by atoms with Crippen molar-refractivity contribution in [1.29, 1.82) is 0 Å². The van der Waals surface area contributed by atoms with Crippen LogP contribution in [0.25, 0.3) is 0 Å². The highest BCUT2D eigenvalue weighted by Crippen LogP contribution is 2.36. The number of halogens is 1. The lowest BCUT2D eigenvalue weighted by molar-refractivity contribution is 0.276. The fourth-order valence-electron chi connectivity index (χ4n) is 3.20. The highest BCUT2D eigenvalue weighted by Gasteiger charge is 2.36. The largest absolute Gasteiger partial charge is 0.361 e. The Morgan fingerprint density at radius 3 is 2.50 bits per heavy atom. The normalized spacial score (nSPS) is 17.5. The van der Waals surface area contributed by atoms with Crippen molar-refractivity contribution in [1.82, 2.24) is 15.4 Å². The van der Waals surface area contributed by atoms with Gasteiger partial charge in [0.1, 0.15) is 5.76 Å². The minimum absolute atomic E-state index is 0. The molecule has 1 aromatic rings. The van der Waals surface area contributed by atoms with Gasteiger partial charge in [-0.25, -0.2) is 0 Å². The van der Waals surface area contributed by atoms with Crippen molar-refractivity contribution in [3.05, 3.63) is 17.0 Å². The lowest BCUT2D eigenvalue weighted by Gasteiger charge is -2.28. The van der Waals surface area contributed by atoms with Gasteiger partial charge in [-0.3, -0.25) is 4.99 Å². The van der Waals surface area contributed by atoms with Crippen molar-refractivity contribution in [2.45, 2.75) is 53.5 Å². The molecule has 0 atom stereocenters. The molecule has 1 aliphatic rings. The number of aryl methyl sites for hydroxylation is 2. The predicted molar refractivity (Wildman–Crippen MR) is 101 cm³/mol. The zero-order valence-electron chi connectivity index (χ0n) is 14.4. The Labute approximate surface area is 150 Å². The molecule has 2 heterocycles. The zero-order chi connectivity index (χ0) is 15.5. The summed E-state index contributed by atoms with van der Waals surface area (Å²) in [5, 5.41) is 7.46. The van der Waals surface area contributed by atoms with Crippen molar-refractivity contribution < 1.29 is 4.52 Å². The topological polar surface area (TPSA) is 53.7 Å².